The summed E-state index contributed by atoms with van der Waals surface area (Å²) in [6, 6.07) is 7.31. The number of hydrazine groups is 1. The summed E-state index contributed by atoms with van der Waals surface area (Å²) in [4.78, 5) is 11.8. The molecule has 1 aliphatic heterocycles. The second-order valence-electron chi connectivity index (χ2n) is 3.95. The van der Waals surface area contributed by atoms with E-state index in [1.54, 1.807) is 12.1 Å². The Labute approximate surface area is 99.3 Å². The first kappa shape index (κ1) is 11.4. The number of carbonyl (C=O) groups is 1. The summed E-state index contributed by atoms with van der Waals surface area (Å²) in [6.07, 6.45) is 0.774. The number of amides is 1. The Morgan fingerprint density at radius 1 is 1.44 bits per heavy atom. The van der Waals surface area contributed by atoms with Crippen LogP contribution in [0.25, 0.3) is 0 Å². The lowest BCUT2D eigenvalue weighted by atomic mass is 10.1. The first-order valence-corrected chi connectivity index (χ1v) is 5.61. The van der Waals surface area contributed by atoms with Gasteiger partial charge < -0.3 is 5.32 Å². The highest BCUT2D eigenvalue weighted by molar-refractivity contribution is 6.33. The van der Waals surface area contributed by atoms with E-state index in [2.05, 4.69) is 16.2 Å². The van der Waals surface area contributed by atoms with Crippen molar-refractivity contribution in [3.8, 4) is 0 Å². The second-order valence-corrected chi connectivity index (χ2v) is 4.35. The van der Waals surface area contributed by atoms with Gasteiger partial charge in [-0.25, -0.2) is 5.43 Å². The predicted octanol–water partition coefficient (Wildman–Crippen LogP) is 1.53. The van der Waals surface area contributed by atoms with Crippen LogP contribution in [0.1, 0.15) is 13.3 Å². The Morgan fingerprint density at radius 3 is 2.81 bits per heavy atom. The zero-order valence-electron chi connectivity index (χ0n) is 8.96. The van der Waals surface area contributed by atoms with Crippen molar-refractivity contribution in [2.75, 3.05) is 5.32 Å². The molecule has 0 spiro atoms. The lowest BCUT2D eigenvalue weighted by molar-refractivity contribution is -0.117. The highest BCUT2D eigenvalue weighted by atomic mass is 35.5. The fourth-order valence-electron chi connectivity index (χ4n) is 1.67. The average molecular weight is 240 g/mol. The number of benzene rings is 1. The molecular weight excluding hydrogens is 226 g/mol. The zero-order chi connectivity index (χ0) is 11.5. The van der Waals surface area contributed by atoms with E-state index in [0.29, 0.717) is 16.8 Å². The molecule has 16 heavy (non-hydrogen) atoms. The molecule has 1 saturated heterocycles. The zero-order valence-corrected chi connectivity index (χ0v) is 9.71. The quantitative estimate of drug-likeness (QED) is 0.734. The Hall–Kier alpha value is -1.10. The van der Waals surface area contributed by atoms with Gasteiger partial charge in [0.1, 0.15) is 6.04 Å². The van der Waals surface area contributed by atoms with Crippen molar-refractivity contribution in [3.63, 3.8) is 0 Å². The third kappa shape index (κ3) is 2.52. The van der Waals surface area contributed by atoms with Crippen LogP contribution in [-0.2, 0) is 4.79 Å². The Morgan fingerprint density at radius 2 is 2.19 bits per heavy atom. The van der Waals surface area contributed by atoms with E-state index in [1.807, 2.05) is 19.1 Å². The Kier molecular flexibility index (Phi) is 3.43. The van der Waals surface area contributed by atoms with Gasteiger partial charge in [-0.1, -0.05) is 23.7 Å². The summed E-state index contributed by atoms with van der Waals surface area (Å²) in [5, 5.41) is 3.35. The first-order valence-electron chi connectivity index (χ1n) is 5.23. The summed E-state index contributed by atoms with van der Waals surface area (Å²) in [5.41, 5.74) is 6.60. The van der Waals surface area contributed by atoms with E-state index in [1.165, 1.54) is 0 Å². The van der Waals surface area contributed by atoms with Crippen molar-refractivity contribution >= 4 is 23.2 Å². The van der Waals surface area contributed by atoms with Gasteiger partial charge in [0.05, 0.1) is 10.7 Å². The Bertz CT molecular complexity index is 397. The number of halogens is 1. The topological polar surface area (TPSA) is 53.2 Å². The lowest BCUT2D eigenvalue weighted by Gasteiger charge is -2.11. The van der Waals surface area contributed by atoms with Gasteiger partial charge >= 0.3 is 0 Å². The molecule has 0 aliphatic carbocycles. The molecule has 1 amide bonds. The molecule has 0 saturated carbocycles. The van der Waals surface area contributed by atoms with E-state index in [-0.39, 0.29) is 11.9 Å². The van der Waals surface area contributed by atoms with Gasteiger partial charge in [-0.2, -0.15) is 0 Å². The van der Waals surface area contributed by atoms with Crippen molar-refractivity contribution in [2.24, 2.45) is 0 Å². The summed E-state index contributed by atoms with van der Waals surface area (Å²) >= 11 is 5.95. The maximum atomic E-state index is 11.8. The highest BCUT2D eigenvalue weighted by Gasteiger charge is 2.26. The molecule has 2 rings (SSSR count). The minimum atomic E-state index is -0.203. The third-order valence-electron chi connectivity index (χ3n) is 2.54. The van der Waals surface area contributed by atoms with E-state index >= 15 is 0 Å². The number of para-hydroxylation sites is 1. The monoisotopic (exact) mass is 239 g/mol. The smallest absolute Gasteiger partial charge is 0.242 e. The van der Waals surface area contributed by atoms with Crippen molar-refractivity contribution in [2.45, 2.75) is 25.4 Å². The molecule has 1 fully saturated rings. The first-order chi connectivity index (χ1) is 7.66. The van der Waals surface area contributed by atoms with Crippen LogP contribution in [0.5, 0.6) is 0 Å². The fraction of sp³-hybridized carbons (Fsp3) is 0.364. The predicted molar refractivity (Wildman–Crippen MR) is 64.2 cm³/mol. The summed E-state index contributed by atoms with van der Waals surface area (Å²) in [5.74, 6) is -0.0649. The number of rotatable bonds is 2. The van der Waals surface area contributed by atoms with Crippen LogP contribution in [-0.4, -0.2) is 18.0 Å². The minimum Gasteiger partial charge on any atom is -0.323 e. The molecule has 1 heterocycles. The van der Waals surface area contributed by atoms with Gasteiger partial charge in [0.15, 0.2) is 0 Å². The Balaban J connectivity index is 2.00. The van der Waals surface area contributed by atoms with Gasteiger partial charge in [0, 0.05) is 6.04 Å². The minimum absolute atomic E-state index is 0.0649. The molecule has 86 valence electrons. The molecule has 0 aromatic heterocycles. The maximum absolute atomic E-state index is 11.8. The molecule has 3 N–H and O–H groups in total. The van der Waals surface area contributed by atoms with Crippen LogP contribution in [0.2, 0.25) is 5.02 Å². The molecule has 2 unspecified atom stereocenters. The average Bonchev–Trinajstić information content (AvgIpc) is 2.68. The van der Waals surface area contributed by atoms with Gasteiger partial charge in [-0.3, -0.25) is 10.2 Å². The molecule has 4 nitrogen and oxygen atoms in total. The number of carbonyl (C=O) groups excluding carboxylic acids is 1. The number of hydrogen-bond donors (Lipinski definition) is 3. The normalized spacial score (nSPS) is 24.4. The lowest BCUT2D eigenvalue weighted by Crippen LogP contribution is -2.39. The van der Waals surface area contributed by atoms with Crippen molar-refractivity contribution in [1.82, 2.24) is 10.9 Å². The van der Waals surface area contributed by atoms with Crippen LogP contribution in [0.3, 0.4) is 0 Å². The number of anilines is 1. The number of hydrogen-bond acceptors (Lipinski definition) is 3. The molecule has 0 bridgehead atoms. The molecule has 0 radical (unpaired) electrons. The van der Waals surface area contributed by atoms with Crippen LogP contribution in [0, 0.1) is 0 Å². The van der Waals surface area contributed by atoms with Crippen molar-refractivity contribution < 1.29 is 4.79 Å². The SMILES string of the molecule is CC1CC(C(=O)Nc2ccccc2Cl)NN1. The van der Waals surface area contributed by atoms with E-state index < -0.39 is 0 Å². The molecule has 2 atom stereocenters. The molecule has 1 aromatic carbocycles. The maximum Gasteiger partial charge on any atom is 0.242 e. The third-order valence-corrected chi connectivity index (χ3v) is 2.87. The largest absolute Gasteiger partial charge is 0.323 e. The van der Waals surface area contributed by atoms with Crippen molar-refractivity contribution in [3.05, 3.63) is 29.3 Å². The standard InChI is InChI=1S/C11H14ClN3O/c1-7-6-10(15-14-7)11(16)13-9-5-3-2-4-8(9)12/h2-5,7,10,14-15H,6H2,1H3,(H,13,16). The van der Waals surface area contributed by atoms with E-state index in [9.17, 15) is 4.79 Å². The van der Waals surface area contributed by atoms with Crippen LogP contribution < -0.4 is 16.2 Å². The summed E-state index contributed by atoms with van der Waals surface area (Å²) in [7, 11) is 0. The van der Waals surface area contributed by atoms with Gasteiger partial charge in [0.25, 0.3) is 0 Å². The molecule has 1 aromatic rings. The van der Waals surface area contributed by atoms with E-state index in [4.69, 9.17) is 11.6 Å². The van der Waals surface area contributed by atoms with Crippen LogP contribution in [0.15, 0.2) is 24.3 Å². The number of nitrogens with one attached hydrogen (secondary N) is 3. The van der Waals surface area contributed by atoms with Crippen molar-refractivity contribution in [1.29, 1.82) is 0 Å². The highest BCUT2D eigenvalue weighted by Crippen LogP contribution is 2.21. The fourth-order valence-corrected chi connectivity index (χ4v) is 1.85. The van der Waals surface area contributed by atoms with Gasteiger partial charge in [-0.15, -0.1) is 0 Å². The van der Waals surface area contributed by atoms with Crippen LogP contribution >= 0.6 is 11.6 Å². The van der Waals surface area contributed by atoms with Gasteiger partial charge in [0.2, 0.25) is 5.91 Å². The molecule has 1 aliphatic rings. The second kappa shape index (κ2) is 4.82. The molecular formula is C11H14ClN3O. The summed E-state index contributed by atoms with van der Waals surface area (Å²) in [6.45, 7) is 2.02. The molecule has 5 heteroatoms. The van der Waals surface area contributed by atoms with E-state index in [0.717, 1.165) is 6.42 Å². The van der Waals surface area contributed by atoms with Crippen LogP contribution in [0.4, 0.5) is 5.69 Å². The van der Waals surface area contributed by atoms with Gasteiger partial charge in [-0.05, 0) is 25.5 Å². The summed E-state index contributed by atoms with van der Waals surface area (Å²) < 4.78 is 0.